The second-order valence-electron chi connectivity index (χ2n) is 6.87. The molecule has 4 heteroatoms. The molecule has 0 aliphatic heterocycles. The summed E-state index contributed by atoms with van der Waals surface area (Å²) in [4.78, 5) is 12.0. The van der Waals surface area contributed by atoms with E-state index in [-0.39, 0.29) is 17.9 Å². The molecule has 3 rings (SSSR count). The van der Waals surface area contributed by atoms with Crippen LogP contribution in [-0.4, -0.2) is 18.6 Å². The van der Waals surface area contributed by atoms with Crippen LogP contribution in [0.2, 0.25) is 0 Å². The number of halogens is 1. The minimum atomic E-state index is -0.208. The summed E-state index contributed by atoms with van der Waals surface area (Å²) in [6.45, 7) is 2.57. The highest BCUT2D eigenvalue weighted by Gasteiger charge is 2.42. The molecule has 2 aliphatic carbocycles. The summed E-state index contributed by atoms with van der Waals surface area (Å²) in [7, 11) is 0. The Morgan fingerprint density at radius 2 is 2.14 bits per heavy atom. The van der Waals surface area contributed by atoms with Gasteiger partial charge in [0.05, 0.1) is 0 Å². The number of carbonyl (C=O) groups excluding carboxylic acids is 1. The molecule has 120 valence electrons. The molecule has 0 spiro atoms. The van der Waals surface area contributed by atoms with Crippen molar-refractivity contribution in [1.82, 2.24) is 10.6 Å². The van der Waals surface area contributed by atoms with Gasteiger partial charge in [-0.25, -0.2) is 9.18 Å². The van der Waals surface area contributed by atoms with Crippen LogP contribution < -0.4 is 10.6 Å². The van der Waals surface area contributed by atoms with Crippen molar-refractivity contribution in [2.24, 2.45) is 17.8 Å². The van der Waals surface area contributed by atoms with Gasteiger partial charge >= 0.3 is 6.03 Å². The van der Waals surface area contributed by atoms with Crippen LogP contribution in [0.5, 0.6) is 0 Å². The van der Waals surface area contributed by atoms with Crippen LogP contribution in [0.15, 0.2) is 24.3 Å². The number of amides is 2. The summed E-state index contributed by atoms with van der Waals surface area (Å²) in [5.41, 5.74) is 0.643. The summed E-state index contributed by atoms with van der Waals surface area (Å²) in [5, 5.41) is 5.90. The van der Waals surface area contributed by atoms with Gasteiger partial charge in [-0.3, -0.25) is 0 Å². The molecule has 0 heterocycles. The van der Waals surface area contributed by atoms with Gasteiger partial charge in [-0.2, -0.15) is 0 Å². The van der Waals surface area contributed by atoms with Crippen LogP contribution in [0.1, 0.15) is 38.2 Å². The smallest absolute Gasteiger partial charge is 0.315 e. The number of fused-ring (bicyclic) bond motifs is 2. The average Bonchev–Trinajstić information content (AvgIpc) is 3.12. The number of nitrogens with one attached hydrogen (secondary N) is 2. The van der Waals surface area contributed by atoms with Crippen molar-refractivity contribution in [3.63, 3.8) is 0 Å². The van der Waals surface area contributed by atoms with E-state index in [0.717, 1.165) is 11.8 Å². The summed E-state index contributed by atoms with van der Waals surface area (Å²) >= 11 is 0. The molecule has 1 aromatic rings. The van der Waals surface area contributed by atoms with Gasteiger partial charge in [-0.1, -0.05) is 24.6 Å². The lowest BCUT2D eigenvalue weighted by Crippen LogP contribution is -2.45. The number of benzene rings is 1. The minimum absolute atomic E-state index is 0.133. The molecule has 2 fully saturated rings. The second-order valence-corrected chi connectivity index (χ2v) is 6.87. The first-order valence-electron chi connectivity index (χ1n) is 8.41. The van der Waals surface area contributed by atoms with E-state index in [4.69, 9.17) is 0 Å². The zero-order chi connectivity index (χ0) is 15.5. The molecule has 2 N–H and O–H groups in total. The highest BCUT2D eigenvalue weighted by molar-refractivity contribution is 5.74. The fourth-order valence-corrected chi connectivity index (χ4v) is 4.28. The quantitative estimate of drug-likeness (QED) is 0.859. The Bertz CT molecular complexity index is 534. The second kappa shape index (κ2) is 6.67. The Labute approximate surface area is 131 Å². The molecular weight excluding hydrogens is 279 g/mol. The normalized spacial score (nSPS) is 27.6. The molecule has 2 bridgehead atoms. The predicted octanol–water partition coefficient (Wildman–Crippen LogP) is 3.49. The molecule has 1 aromatic carbocycles. The Hall–Kier alpha value is -1.58. The van der Waals surface area contributed by atoms with Gasteiger partial charge in [0, 0.05) is 12.6 Å². The number of rotatable bonds is 5. The molecule has 22 heavy (non-hydrogen) atoms. The Balaban J connectivity index is 1.40. The first-order chi connectivity index (χ1) is 10.6. The third-order valence-electron chi connectivity index (χ3n) is 5.43. The van der Waals surface area contributed by atoms with Gasteiger partial charge < -0.3 is 10.6 Å². The Kier molecular flexibility index (Phi) is 4.65. The number of hydrogen-bond acceptors (Lipinski definition) is 1. The highest BCUT2D eigenvalue weighted by Crippen LogP contribution is 2.49. The van der Waals surface area contributed by atoms with E-state index >= 15 is 0 Å². The van der Waals surface area contributed by atoms with Crippen LogP contribution in [0.3, 0.4) is 0 Å². The average molecular weight is 304 g/mol. The maximum atomic E-state index is 13.5. The van der Waals surface area contributed by atoms with Gasteiger partial charge in [0.2, 0.25) is 0 Å². The van der Waals surface area contributed by atoms with E-state index in [2.05, 4.69) is 17.6 Å². The minimum Gasteiger partial charge on any atom is -0.338 e. The number of carbonyl (C=O) groups is 1. The van der Waals surface area contributed by atoms with Gasteiger partial charge in [-0.15, -0.1) is 0 Å². The van der Waals surface area contributed by atoms with Crippen LogP contribution >= 0.6 is 0 Å². The molecule has 2 saturated carbocycles. The standard InChI is InChI=1S/C18H25FN2O/c1-12(16-11-13-6-7-15(16)10-13)21-18(22)20-9-8-14-4-2-3-5-17(14)19/h2-5,12-13,15-16H,6-11H2,1H3,(H2,20,21,22). The molecule has 3 nitrogen and oxygen atoms in total. The van der Waals surface area contributed by atoms with E-state index < -0.39 is 0 Å². The molecule has 2 aliphatic rings. The van der Waals surface area contributed by atoms with Gasteiger partial charge in [0.1, 0.15) is 5.82 Å². The lowest BCUT2D eigenvalue weighted by atomic mass is 9.84. The van der Waals surface area contributed by atoms with Crippen molar-refractivity contribution in [1.29, 1.82) is 0 Å². The Morgan fingerprint density at radius 1 is 1.32 bits per heavy atom. The van der Waals surface area contributed by atoms with Crippen molar-refractivity contribution in [3.8, 4) is 0 Å². The van der Waals surface area contributed by atoms with E-state index in [1.807, 2.05) is 6.07 Å². The third-order valence-corrected chi connectivity index (χ3v) is 5.43. The molecule has 0 radical (unpaired) electrons. The molecule has 4 atom stereocenters. The summed E-state index contributed by atoms with van der Waals surface area (Å²) < 4.78 is 13.5. The monoisotopic (exact) mass is 304 g/mol. The number of urea groups is 1. The number of hydrogen-bond donors (Lipinski definition) is 2. The van der Waals surface area contributed by atoms with Gasteiger partial charge in [0.25, 0.3) is 0 Å². The van der Waals surface area contributed by atoms with Crippen LogP contribution in [0, 0.1) is 23.6 Å². The fourth-order valence-electron chi connectivity index (χ4n) is 4.28. The van der Waals surface area contributed by atoms with Crippen LogP contribution in [0.25, 0.3) is 0 Å². The zero-order valence-electron chi connectivity index (χ0n) is 13.1. The van der Waals surface area contributed by atoms with Crippen molar-refractivity contribution in [2.75, 3.05) is 6.54 Å². The largest absolute Gasteiger partial charge is 0.338 e. The Morgan fingerprint density at radius 3 is 2.82 bits per heavy atom. The molecule has 2 amide bonds. The van der Waals surface area contributed by atoms with Crippen molar-refractivity contribution in [2.45, 2.75) is 45.1 Å². The summed E-state index contributed by atoms with van der Waals surface area (Å²) in [6, 6.07) is 6.79. The van der Waals surface area contributed by atoms with Crippen molar-refractivity contribution >= 4 is 6.03 Å². The summed E-state index contributed by atoms with van der Waals surface area (Å²) in [5.74, 6) is 2.12. The maximum absolute atomic E-state index is 13.5. The molecular formula is C18H25FN2O. The lowest BCUT2D eigenvalue weighted by Gasteiger charge is -2.28. The SMILES string of the molecule is CC(NC(=O)NCCc1ccccc1F)C1CC2CCC1C2. The van der Waals surface area contributed by atoms with E-state index in [1.54, 1.807) is 12.1 Å². The molecule has 0 saturated heterocycles. The topological polar surface area (TPSA) is 41.1 Å². The fraction of sp³-hybridized carbons (Fsp3) is 0.611. The first kappa shape index (κ1) is 15.3. The van der Waals surface area contributed by atoms with Gasteiger partial charge in [0.15, 0.2) is 0 Å². The van der Waals surface area contributed by atoms with Crippen molar-refractivity contribution < 1.29 is 9.18 Å². The van der Waals surface area contributed by atoms with E-state index in [0.29, 0.717) is 24.4 Å². The van der Waals surface area contributed by atoms with Crippen molar-refractivity contribution in [3.05, 3.63) is 35.6 Å². The van der Waals surface area contributed by atoms with E-state index in [1.165, 1.54) is 31.7 Å². The van der Waals surface area contributed by atoms with Gasteiger partial charge in [-0.05, 0) is 62.0 Å². The van der Waals surface area contributed by atoms with Crippen LogP contribution in [0.4, 0.5) is 9.18 Å². The third kappa shape index (κ3) is 3.42. The van der Waals surface area contributed by atoms with Crippen LogP contribution in [-0.2, 0) is 6.42 Å². The first-order valence-corrected chi connectivity index (χ1v) is 8.41. The summed E-state index contributed by atoms with van der Waals surface area (Å²) in [6.07, 6.45) is 5.84. The lowest BCUT2D eigenvalue weighted by molar-refractivity contribution is 0.220. The zero-order valence-corrected chi connectivity index (χ0v) is 13.1. The molecule has 0 aromatic heterocycles. The maximum Gasteiger partial charge on any atom is 0.315 e. The predicted molar refractivity (Wildman–Crippen MR) is 85.0 cm³/mol. The van der Waals surface area contributed by atoms with E-state index in [9.17, 15) is 9.18 Å². The molecule has 4 unspecified atom stereocenters. The highest BCUT2D eigenvalue weighted by atomic mass is 19.1.